The van der Waals surface area contributed by atoms with Gasteiger partial charge < -0.3 is 0 Å². The van der Waals surface area contributed by atoms with Crippen molar-refractivity contribution in [2.45, 2.75) is 5.38 Å². The second-order valence-corrected chi connectivity index (χ2v) is 3.36. The predicted molar refractivity (Wildman–Crippen MR) is 50.7 cm³/mol. The molecule has 0 aliphatic heterocycles. The lowest BCUT2D eigenvalue weighted by molar-refractivity contribution is 1.21. The molecule has 0 fully saturated rings. The lowest BCUT2D eigenvalue weighted by Crippen LogP contribution is -1.87. The molecular formula is C8H4Cl3N. The monoisotopic (exact) mass is 219 g/mol. The molecule has 1 unspecified atom stereocenters. The Balaban J connectivity index is 3.18. The molecule has 0 radical (unpaired) electrons. The second kappa shape index (κ2) is 4.00. The molecule has 1 nitrogen and oxygen atoms in total. The molecule has 0 bridgehead atoms. The number of hydrogen-bond acceptors (Lipinski definition) is 1. The first kappa shape index (κ1) is 9.67. The number of nitrogens with zero attached hydrogens (tertiary/aromatic N) is 1. The summed E-state index contributed by atoms with van der Waals surface area (Å²) >= 11 is 17.2. The van der Waals surface area contributed by atoms with Gasteiger partial charge in [0.15, 0.2) is 0 Å². The maximum Gasteiger partial charge on any atom is 0.147 e. The van der Waals surface area contributed by atoms with Gasteiger partial charge in [-0.2, -0.15) is 5.26 Å². The molecule has 0 aliphatic rings. The van der Waals surface area contributed by atoms with Crippen molar-refractivity contribution in [1.29, 1.82) is 5.26 Å². The van der Waals surface area contributed by atoms with Gasteiger partial charge in [0, 0.05) is 5.56 Å². The summed E-state index contributed by atoms with van der Waals surface area (Å²) in [4.78, 5) is 0. The van der Waals surface area contributed by atoms with Gasteiger partial charge in [0.2, 0.25) is 0 Å². The summed E-state index contributed by atoms with van der Waals surface area (Å²) in [5, 5.41) is 8.54. The molecule has 1 atom stereocenters. The van der Waals surface area contributed by atoms with Crippen LogP contribution in [-0.4, -0.2) is 0 Å². The van der Waals surface area contributed by atoms with Crippen molar-refractivity contribution in [1.82, 2.24) is 0 Å². The molecule has 1 aromatic carbocycles. The zero-order valence-electron chi connectivity index (χ0n) is 5.89. The average Bonchev–Trinajstić information content (AvgIpc) is 2.08. The van der Waals surface area contributed by atoms with Crippen LogP contribution in [-0.2, 0) is 0 Å². The maximum atomic E-state index is 8.52. The Hall–Kier alpha value is -0.420. The van der Waals surface area contributed by atoms with Crippen LogP contribution >= 0.6 is 34.8 Å². The summed E-state index contributed by atoms with van der Waals surface area (Å²) in [7, 11) is 0. The molecular weight excluding hydrogens is 216 g/mol. The first-order valence-electron chi connectivity index (χ1n) is 3.14. The highest BCUT2D eigenvalue weighted by Crippen LogP contribution is 2.32. The van der Waals surface area contributed by atoms with E-state index in [0.717, 1.165) is 0 Å². The fourth-order valence-electron chi connectivity index (χ4n) is 0.786. The third-order valence-corrected chi connectivity index (χ3v) is 2.53. The first-order valence-corrected chi connectivity index (χ1v) is 4.33. The minimum Gasteiger partial charge on any atom is -0.196 e. The van der Waals surface area contributed by atoms with Gasteiger partial charge in [-0.3, -0.25) is 0 Å². The van der Waals surface area contributed by atoms with Crippen LogP contribution in [0.25, 0.3) is 0 Å². The van der Waals surface area contributed by atoms with Crippen molar-refractivity contribution in [3.05, 3.63) is 33.8 Å². The Morgan fingerprint density at radius 3 is 2.58 bits per heavy atom. The van der Waals surface area contributed by atoms with Gasteiger partial charge in [0.25, 0.3) is 0 Å². The Morgan fingerprint density at radius 2 is 2.00 bits per heavy atom. The first-order chi connectivity index (χ1) is 5.66. The van der Waals surface area contributed by atoms with E-state index in [1.165, 1.54) is 0 Å². The molecule has 0 saturated heterocycles. The van der Waals surface area contributed by atoms with Crippen LogP contribution in [0.1, 0.15) is 10.9 Å². The number of halogens is 3. The Morgan fingerprint density at radius 1 is 1.33 bits per heavy atom. The molecule has 12 heavy (non-hydrogen) atoms. The zero-order valence-corrected chi connectivity index (χ0v) is 8.16. The lowest BCUT2D eigenvalue weighted by Gasteiger charge is -2.04. The molecule has 0 heterocycles. The van der Waals surface area contributed by atoms with E-state index in [1.807, 2.05) is 6.07 Å². The van der Waals surface area contributed by atoms with Crippen LogP contribution in [0.15, 0.2) is 18.2 Å². The van der Waals surface area contributed by atoms with E-state index >= 15 is 0 Å². The maximum absolute atomic E-state index is 8.52. The van der Waals surface area contributed by atoms with Crippen LogP contribution in [0.3, 0.4) is 0 Å². The minimum atomic E-state index is -0.740. The van der Waals surface area contributed by atoms with Crippen molar-refractivity contribution < 1.29 is 0 Å². The number of alkyl halides is 1. The van der Waals surface area contributed by atoms with Crippen LogP contribution in [0, 0.1) is 11.3 Å². The third kappa shape index (κ3) is 1.84. The lowest BCUT2D eigenvalue weighted by atomic mass is 10.2. The van der Waals surface area contributed by atoms with Gasteiger partial charge in [0.1, 0.15) is 5.38 Å². The standard InChI is InChI=1S/C8H4Cl3N/c9-6-3-1-2-5(8(6)11)7(10)4-12/h1-3,7H. The Labute approximate surface area is 85.5 Å². The number of benzene rings is 1. The molecule has 4 heteroatoms. The van der Waals surface area contributed by atoms with Gasteiger partial charge in [-0.15, -0.1) is 11.6 Å². The predicted octanol–water partition coefficient (Wildman–Crippen LogP) is 3.80. The molecule has 0 aliphatic carbocycles. The van der Waals surface area contributed by atoms with Crippen LogP contribution in [0.2, 0.25) is 10.0 Å². The minimum absolute atomic E-state index is 0.348. The van der Waals surface area contributed by atoms with E-state index in [2.05, 4.69) is 0 Å². The van der Waals surface area contributed by atoms with Crippen molar-refractivity contribution in [3.63, 3.8) is 0 Å². The molecule has 0 spiro atoms. The van der Waals surface area contributed by atoms with E-state index in [0.29, 0.717) is 15.6 Å². The Bertz CT molecular complexity index is 330. The second-order valence-electron chi connectivity index (χ2n) is 2.13. The van der Waals surface area contributed by atoms with Crippen molar-refractivity contribution in [2.24, 2.45) is 0 Å². The number of nitriles is 1. The van der Waals surface area contributed by atoms with Gasteiger partial charge in [-0.1, -0.05) is 35.3 Å². The fraction of sp³-hybridized carbons (Fsp3) is 0.125. The average molecular weight is 220 g/mol. The molecule has 0 amide bonds. The number of hydrogen-bond donors (Lipinski definition) is 0. The third-order valence-electron chi connectivity index (χ3n) is 1.37. The highest BCUT2D eigenvalue weighted by atomic mass is 35.5. The summed E-state index contributed by atoms with van der Waals surface area (Å²) in [6.45, 7) is 0. The molecule has 0 N–H and O–H groups in total. The molecule has 1 aromatic rings. The summed E-state index contributed by atoms with van der Waals surface area (Å²) in [6.07, 6.45) is 0. The highest BCUT2D eigenvalue weighted by Gasteiger charge is 2.11. The molecule has 0 aromatic heterocycles. The molecule has 1 rings (SSSR count). The van der Waals surface area contributed by atoms with Crippen LogP contribution in [0.5, 0.6) is 0 Å². The molecule has 0 saturated carbocycles. The topological polar surface area (TPSA) is 23.8 Å². The van der Waals surface area contributed by atoms with Gasteiger partial charge >= 0.3 is 0 Å². The summed E-state index contributed by atoms with van der Waals surface area (Å²) in [6, 6.07) is 6.90. The fourth-order valence-corrected chi connectivity index (χ4v) is 1.44. The SMILES string of the molecule is N#CC(Cl)c1cccc(Cl)c1Cl. The normalized spacial score (nSPS) is 12.2. The molecule has 62 valence electrons. The largest absolute Gasteiger partial charge is 0.196 e. The van der Waals surface area contributed by atoms with Crippen molar-refractivity contribution in [2.75, 3.05) is 0 Å². The van der Waals surface area contributed by atoms with E-state index < -0.39 is 5.38 Å². The van der Waals surface area contributed by atoms with Crippen LogP contribution < -0.4 is 0 Å². The quantitative estimate of drug-likeness (QED) is 0.661. The number of rotatable bonds is 1. The highest BCUT2D eigenvalue weighted by molar-refractivity contribution is 6.43. The smallest absolute Gasteiger partial charge is 0.147 e. The van der Waals surface area contributed by atoms with E-state index in [9.17, 15) is 0 Å². The van der Waals surface area contributed by atoms with E-state index in [-0.39, 0.29) is 0 Å². The van der Waals surface area contributed by atoms with Crippen molar-refractivity contribution >= 4 is 34.8 Å². The van der Waals surface area contributed by atoms with Crippen molar-refractivity contribution in [3.8, 4) is 6.07 Å². The van der Waals surface area contributed by atoms with E-state index in [1.54, 1.807) is 18.2 Å². The van der Waals surface area contributed by atoms with Gasteiger partial charge in [-0.25, -0.2) is 0 Å². The summed E-state index contributed by atoms with van der Waals surface area (Å²) in [5.41, 5.74) is 0.549. The van der Waals surface area contributed by atoms with E-state index in [4.69, 9.17) is 40.1 Å². The Kier molecular flexibility index (Phi) is 3.22. The van der Waals surface area contributed by atoms with Gasteiger partial charge in [0.05, 0.1) is 16.1 Å². The summed E-state index contributed by atoms with van der Waals surface area (Å²) < 4.78 is 0. The summed E-state index contributed by atoms with van der Waals surface area (Å²) in [5.74, 6) is 0. The van der Waals surface area contributed by atoms with Crippen LogP contribution in [0.4, 0.5) is 0 Å². The zero-order chi connectivity index (χ0) is 9.14. The van der Waals surface area contributed by atoms with Gasteiger partial charge in [-0.05, 0) is 6.07 Å².